The van der Waals surface area contributed by atoms with Crippen LogP contribution in [0.4, 0.5) is 5.69 Å². The van der Waals surface area contributed by atoms with Gasteiger partial charge in [0.2, 0.25) is 5.62 Å². The zero-order valence-electron chi connectivity index (χ0n) is 21.1. The third-order valence-corrected chi connectivity index (χ3v) is 6.80. The van der Waals surface area contributed by atoms with E-state index in [0.29, 0.717) is 36.4 Å². The number of hydrogen-bond donors (Lipinski definition) is 2. The van der Waals surface area contributed by atoms with Gasteiger partial charge in [0.05, 0.1) is 24.3 Å². The molecule has 3 aromatic rings. The highest BCUT2D eigenvalue weighted by Gasteiger charge is 2.29. The van der Waals surface area contributed by atoms with E-state index in [2.05, 4.69) is 9.98 Å². The molecule has 1 aliphatic rings. The molecule has 0 unspecified atom stereocenters. The minimum atomic E-state index is -0.841. The summed E-state index contributed by atoms with van der Waals surface area (Å²) in [5, 5.41) is 9.89. The number of nitrogens with zero attached hydrogens (tertiary/aromatic N) is 3. The predicted molar refractivity (Wildman–Crippen MR) is 141 cm³/mol. The van der Waals surface area contributed by atoms with Crippen molar-refractivity contribution in [3.05, 3.63) is 85.2 Å². The Kier molecular flexibility index (Phi) is 8.02. The molecule has 0 radical (unpaired) electrons. The van der Waals surface area contributed by atoms with Crippen LogP contribution in [0.1, 0.15) is 56.7 Å². The number of aryl methyl sites for hydroxylation is 1. The lowest BCUT2D eigenvalue weighted by Crippen LogP contribution is -2.51. The van der Waals surface area contributed by atoms with E-state index in [9.17, 15) is 19.5 Å². The number of rotatable bonds is 7. The van der Waals surface area contributed by atoms with Crippen molar-refractivity contribution >= 4 is 23.3 Å². The van der Waals surface area contributed by atoms with E-state index in [1.54, 1.807) is 18.2 Å². The Morgan fingerprint density at radius 1 is 1.14 bits per heavy atom. The van der Waals surface area contributed by atoms with Gasteiger partial charge < -0.3 is 9.84 Å². The molecule has 4 rings (SSSR count). The molecule has 9 nitrogen and oxygen atoms in total. The largest absolute Gasteiger partial charge is 0.491 e. The molecule has 1 aromatic heterocycles. The highest BCUT2D eigenvalue weighted by molar-refractivity contribution is 6.30. The molecule has 1 saturated carbocycles. The van der Waals surface area contributed by atoms with Crippen LogP contribution in [0, 0.1) is 12.8 Å². The standard InChI is InChI=1S/C27H31ClN4O5/c1-16(2)37-23-13-10-21(14-17(23)3)29-25-30-26(35)32(22-11-6-19(7-12-22)24(33)34)27(36)31(25)15-18-4-8-20(28)9-5-18/h4-5,8-10,13-14,16,19,22H,6-7,11-12,15H2,1-3H3,(H,33,34)(H,29,30,35)/t19-,22-. The van der Waals surface area contributed by atoms with Crippen LogP contribution in [0.5, 0.6) is 5.75 Å². The summed E-state index contributed by atoms with van der Waals surface area (Å²) < 4.78 is 8.44. The maximum atomic E-state index is 13.7. The highest BCUT2D eigenvalue weighted by Crippen LogP contribution is 2.30. The number of H-pyrrole nitrogens is 1. The Balaban J connectivity index is 1.80. The number of carboxylic acids is 1. The number of halogens is 1. The summed E-state index contributed by atoms with van der Waals surface area (Å²) >= 11 is 6.03. The summed E-state index contributed by atoms with van der Waals surface area (Å²) in [6, 6.07) is 12.1. The van der Waals surface area contributed by atoms with E-state index in [0.717, 1.165) is 16.9 Å². The van der Waals surface area contributed by atoms with E-state index in [1.165, 1.54) is 9.13 Å². The van der Waals surface area contributed by atoms with Crippen LogP contribution in [0.3, 0.4) is 0 Å². The minimum absolute atomic E-state index is 0.0255. The number of carbonyl (C=O) groups is 1. The van der Waals surface area contributed by atoms with Gasteiger partial charge in [-0.3, -0.25) is 14.3 Å². The van der Waals surface area contributed by atoms with Gasteiger partial charge in [0.1, 0.15) is 5.75 Å². The molecule has 0 aliphatic heterocycles. The first-order valence-electron chi connectivity index (χ1n) is 12.4. The first kappa shape index (κ1) is 26.5. The average molecular weight is 527 g/mol. The molecular formula is C27H31ClN4O5. The van der Waals surface area contributed by atoms with Crippen LogP contribution >= 0.6 is 11.6 Å². The zero-order valence-corrected chi connectivity index (χ0v) is 21.9. The number of aliphatic carboxylic acids is 1. The summed E-state index contributed by atoms with van der Waals surface area (Å²) in [5.74, 6) is -0.553. The maximum Gasteiger partial charge on any atom is 0.335 e. The van der Waals surface area contributed by atoms with E-state index < -0.39 is 23.3 Å². The molecule has 37 heavy (non-hydrogen) atoms. The predicted octanol–water partition coefficient (Wildman–Crippen LogP) is 4.18. The molecule has 10 heteroatoms. The Morgan fingerprint density at radius 3 is 2.41 bits per heavy atom. The van der Waals surface area contributed by atoms with Gasteiger partial charge in [-0.05, 0) is 87.9 Å². The number of benzene rings is 2. The molecule has 2 aromatic carbocycles. The summed E-state index contributed by atoms with van der Waals surface area (Å²) in [4.78, 5) is 45.6. The second-order valence-corrected chi connectivity index (χ2v) is 10.1. The lowest BCUT2D eigenvalue weighted by atomic mass is 9.86. The molecule has 1 fully saturated rings. The van der Waals surface area contributed by atoms with Crippen LogP contribution in [-0.2, 0) is 11.3 Å². The van der Waals surface area contributed by atoms with E-state index >= 15 is 0 Å². The van der Waals surface area contributed by atoms with Crippen LogP contribution in [-0.4, -0.2) is 31.3 Å². The van der Waals surface area contributed by atoms with Gasteiger partial charge in [-0.1, -0.05) is 23.7 Å². The van der Waals surface area contributed by atoms with Gasteiger partial charge in [-0.25, -0.2) is 19.1 Å². The van der Waals surface area contributed by atoms with Crippen molar-refractivity contribution in [1.82, 2.24) is 14.1 Å². The van der Waals surface area contributed by atoms with E-state index in [1.807, 2.05) is 45.0 Å². The minimum Gasteiger partial charge on any atom is -0.491 e. The molecule has 2 N–H and O–H groups in total. The van der Waals surface area contributed by atoms with E-state index in [-0.39, 0.29) is 24.3 Å². The van der Waals surface area contributed by atoms with E-state index in [4.69, 9.17) is 16.3 Å². The summed E-state index contributed by atoms with van der Waals surface area (Å²) in [5.41, 5.74) is 1.32. The molecule has 0 amide bonds. The molecule has 0 bridgehead atoms. The molecular weight excluding hydrogens is 496 g/mol. The number of carboxylic acid groups (broad SMARTS) is 1. The van der Waals surface area contributed by atoms with Gasteiger partial charge >= 0.3 is 17.3 Å². The highest BCUT2D eigenvalue weighted by atomic mass is 35.5. The molecule has 0 saturated heterocycles. The van der Waals surface area contributed by atoms with Crippen molar-refractivity contribution in [1.29, 1.82) is 0 Å². The van der Waals surface area contributed by atoms with Crippen molar-refractivity contribution in [2.24, 2.45) is 10.9 Å². The maximum absolute atomic E-state index is 13.7. The summed E-state index contributed by atoms with van der Waals surface area (Å²) in [6.45, 7) is 5.98. The SMILES string of the molecule is Cc1cc(/N=c2\[nH]c(=O)n([C@H]3CC[C@H](C(=O)O)CC3)c(=O)n2Cc2ccc(Cl)cc2)ccc1OC(C)C. The number of aromatic nitrogens is 3. The molecule has 196 valence electrons. The third-order valence-electron chi connectivity index (χ3n) is 6.55. The fraction of sp³-hybridized carbons (Fsp3) is 0.407. The fourth-order valence-electron chi connectivity index (χ4n) is 4.65. The lowest BCUT2D eigenvalue weighted by Gasteiger charge is -2.27. The summed E-state index contributed by atoms with van der Waals surface area (Å²) in [7, 11) is 0. The van der Waals surface area contributed by atoms with Crippen LogP contribution < -0.4 is 21.7 Å². The van der Waals surface area contributed by atoms with Gasteiger partial charge in [0.15, 0.2) is 0 Å². The first-order valence-corrected chi connectivity index (χ1v) is 12.7. The lowest BCUT2D eigenvalue weighted by molar-refractivity contribution is -0.143. The first-order chi connectivity index (χ1) is 17.6. The van der Waals surface area contributed by atoms with Crippen molar-refractivity contribution in [3.63, 3.8) is 0 Å². The van der Waals surface area contributed by atoms with Crippen molar-refractivity contribution < 1.29 is 14.6 Å². The normalized spacial score (nSPS) is 18.2. The Labute approximate surface area is 219 Å². The Morgan fingerprint density at radius 2 is 1.81 bits per heavy atom. The molecule has 1 heterocycles. The van der Waals surface area contributed by atoms with Gasteiger partial charge in [0, 0.05) is 11.1 Å². The van der Waals surface area contributed by atoms with Gasteiger partial charge in [-0.15, -0.1) is 0 Å². The van der Waals surface area contributed by atoms with Gasteiger partial charge in [0.25, 0.3) is 0 Å². The number of ether oxygens (including phenoxy) is 1. The monoisotopic (exact) mass is 526 g/mol. The number of nitrogens with one attached hydrogen (secondary N) is 1. The van der Waals surface area contributed by atoms with Crippen molar-refractivity contribution in [2.45, 2.75) is 65.1 Å². The second kappa shape index (κ2) is 11.2. The quantitative estimate of drug-likeness (QED) is 0.478. The number of aromatic amines is 1. The molecule has 1 aliphatic carbocycles. The third kappa shape index (κ3) is 6.22. The zero-order chi connectivity index (χ0) is 26.7. The topological polar surface area (TPSA) is 119 Å². The van der Waals surface area contributed by atoms with Crippen molar-refractivity contribution in [2.75, 3.05) is 0 Å². The Bertz CT molecular complexity index is 1460. The number of hydrogen-bond acceptors (Lipinski definition) is 5. The van der Waals surface area contributed by atoms with Crippen molar-refractivity contribution in [3.8, 4) is 5.75 Å². The van der Waals surface area contributed by atoms with Gasteiger partial charge in [-0.2, -0.15) is 0 Å². The van der Waals surface area contributed by atoms with Crippen LogP contribution in [0.15, 0.2) is 57.0 Å². The van der Waals surface area contributed by atoms with Crippen LogP contribution in [0.2, 0.25) is 5.02 Å². The van der Waals surface area contributed by atoms with Crippen LogP contribution in [0.25, 0.3) is 0 Å². The smallest absolute Gasteiger partial charge is 0.335 e. The summed E-state index contributed by atoms with van der Waals surface area (Å²) in [6.07, 6.45) is 1.73. The average Bonchev–Trinajstić information content (AvgIpc) is 2.84. The second-order valence-electron chi connectivity index (χ2n) is 9.69. The Hall–Kier alpha value is -3.59. The molecule has 0 spiro atoms. The fourth-order valence-corrected chi connectivity index (χ4v) is 4.77. The molecule has 0 atom stereocenters.